The van der Waals surface area contributed by atoms with Gasteiger partial charge >= 0.3 is 0 Å². The smallest absolute Gasteiger partial charge is 0.248 e. The minimum absolute atomic E-state index is 0.0626. The summed E-state index contributed by atoms with van der Waals surface area (Å²) in [5, 5.41) is 0. The Morgan fingerprint density at radius 1 is 1.15 bits per heavy atom. The first-order valence-corrected chi connectivity index (χ1v) is 13.3. The van der Waals surface area contributed by atoms with Gasteiger partial charge in [-0.2, -0.15) is 4.99 Å². The Labute approximate surface area is 198 Å². The molecule has 0 aliphatic rings. The predicted molar refractivity (Wildman–Crippen MR) is 131 cm³/mol. The zero-order chi connectivity index (χ0) is 24.0. The molecule has 178 valence electrons. The maximum Gasteiger partial charge on any atom is 0.248 e. The highest BCUT2D eigenvalue weighted by Gasteiger charge is 2.16. The van der Waals surface area contributed by atoms with E-state index in [-0.39, 0.29) is 29.4 Å². The van der Waals surface area contributed by atoms with Crippen molar-refractivity contribution in [2.45, 2.75) is 45.1 Å². The average Bonchev–Trinajstić information content (AvgIpc) is 3.11. The fourth-order valence-corrected chi connectivity index (χ4v) is 6.03. The van der Waals surface area contributed by atoms with E-state index in [1.807, 2.05) is 25.3 Å². The number of fused-ring (bicyclic) bond motifs is 1. The van der Waals surface area contributed by atoms with Gasteiger partial charge in [-0.05, 0) is 68.7 Å². The molecule has 0 spiro atoms. The van der Waals surface area contributed by atoms with E-state index < -0.39 is 9.84 Å². The number of benzene rings is 2. The number of aromatic nitrogens is 1. The van der Waals surface area contributed by atoms with Gasteiger partial charge in [0, 0.05) is 19.6 Å². The fourth-order valence-electron chi connectivity index (χ4n) is 3.59. The van der Waals surface area contributed by atoms with E-state index in [9.17, 15) is 13.2 Å². The van der Waals surface area contributed by atoms with Crippen LogP contribution in [0.2, 0.25) is 0 Å². The van der Waals surface area contributed by atoms with Crippen molar-refractivity contribution in [3.8, 4) is 5.75 Å². The quantitative estimate of drug-likeness (QED) is 0.400. The molecule has 33 heavy (non-hydrogen) atoms. The molecule has 0 saturated carbocycles. The van der Waals surface area contributed by atoms with Gasteiger partial charge in [-0.1, -0.05) is 17.4 Å². The van der Waals surface area contributed by atoms with Crippen molar-refractivity contribution in [1.82, 2.24) is 4.57 Å². The average molecular weight is 491 g/mol. The number of hydrogen-bond acceptors (Lipinski definition) is 6. The number of rotatable bonds is 10. The summed E-state index contributed by atoms with van der Waals surface area (Å²) in [5.41, 5.74) is 3.31. The van der Waals surface area contributed by atoms with Gasteiger partial charge in [0.25, 0.3) is 0 Å². The summed E-state index contributed by atoms with van der Waals surface area (Å²) < 4.78 is 38.8. The van der Waals surface area contributed by atoms with E-state index >= 15 is 0 Å². The van der Waals surface area contributed by atoms with Crippen LogP contribution in [0.25, 0.3) is 10.2 Å². The number of nitrogens with zero attached hydrogens (tertiary/aromatic N) is 2. The van der Waals surface area contributed by atoms with Gasteiger partial charge in [0.2, 0.25) is 5.91 Å². The van der Waals surface area contributed by atoms with Crippen LogP contribution in [0, 0.1) is 13.8 Å². The summed E-state index contributed by atoms with van der Waals surface area (Å²) in [4.78, 5) is 17.8. The molecule has 2 aromatic carbocycles. The molecule has 0 aliphatic carbocycles. The van der Waals surface area contributed by atoms with Crippen LogP contribution in [-0.2, 0) is 25.9 Å². The lowest BCUT2D eigenvalue weighted by molar-refractivity contribution is -0.118. The molecule has 0 aliphatic heterocycles. The molecule has 1 aromatic heterocycles. The highest BCUT2D eigenvalue weighted by molar-refractivity contribution is 7.91. The SMILES string of the molecule is CCOCCn1c(=NC(=O)CCCS(=O)(=O)c2ccc(OC)cc2)sc2c(C)cc(C)cc21. The zero-order valence-electron chi connectivity index (χ0n) is 19.5. The lowest BCUT2D eigenvalue weighted by Gasteiger charge is -2.07. The lowest BCUT2D eigenvalue weighted by Crippen LogP contribution is -2.20. The van der Waals surface area contributed by atoms with Crippen LogP contribution in [-0.4, -0.2) is 45.0 Å². The summed E-state index contributed by atoms with van der Waals surface area (Å²) >= 11 is 1.47. The van der Waals surface area contributed by atoms with E-state index in [0.717, 1.165) is 21.3 Å². The normalized spacial score (nSPS) is 12.4. The third-order valence-electron chi connectivity index (χ3n) is 5.22. The van der Waals surface area contributed by atoms with Crippen molar-refractivity contribution in [2.24, 2.45) is 4.99 Å². The second-order valence-electron chi connectivity index (χ2n) is 7.77. The summed E-state index contributed by atoms with van der Waals surface area (Å²) in [6.07, 6.45) is 0.270. The Morgan fingerprint density at radius 2 is 1.88 bits per heavy atom. The standard InChI is InChI=1S/C24H30N2O5S2/c1-5-31-13-12-26-21-16-17(2)15-18(3)23(21)32-24(26)25-22(27)7-6-14-33(28,29)20-10-8-19(30-4)9-11-20/h8-11,15-16H,5-7,12-14H2,1-4H3. The number of ether oxygens (including phenoxy) is 2. The van der Waals surface area contributed by atoms with E-state index in [1.165, 1.54) is 30.6 Å². The third-order valence-corrected chi connectivity index (χ3v) is 8.27. The van der Waals surface area contributed by atoms with Crippen molar-refractivity contribution in [1.29, 1.82) is 0 Å². The molecular weight excluding hydrogens is 460 g/mol. The first kappa shape index (κ1) is 25.1. The fraction of sp³-hybridized carbons (Fsp3) is 0.417. The molecular formula is C24H30N2O5S2. The Hall–Kier alpha value is -2.49. The molecule has 0 unspecified atom stereocenters. The number of methoxy groups -OCH3 is 1. The molecule has 0 fully saturated rings. The molecule has 7 nitrogen and oxygen atoms in total. The third kappa shape index (κ3) is 6.31. The van der Waals surface area contributed by atoms with E-state index in [0.29, 0.717) is 30.3 Å². The van der Waals surface area contributed by atoms with Crippen LogP contribution < -0.4 is 9.54 Å². The maximum absolute atomic E-state index is 12.6. The first-order chi connectivity index (χ1) is 15.7. The van der Waals surface area contributed by atoms with Crippen molar-refractivity contribution in [3.05, 3.63) is 52.3 Å². The van der Waals surface area contributed by atoms with Crippen LogP contribution in [0.15, 0.2) is 46.3 Å². The topological polar surface area (TPSA) is 87.0 Å². The van der Waals surface area contributed by atoms with Crippen LogP contribution in [0.3, 0.4) is 0 Å². The highest BCUT2D eigenvalue weighted by atomic mass is 32.2. The Morgan fingerprint density at radius 3 is 2.55 bits per heavy atom. The van der Waals surface area contributed by atoms with Gasteiger partial charge < -0.3 is 14.0 Å². The van der Waals surface area contributed by atoms with Gasteiger partial charge in [-0.15, -0.1) is 0 Å². The lowest BCUT2D eigenvalue weighted by atomic mass is 10.1. The zero-order valence-corrected chi connectivity index (χ0v) is 21.1. The Bertz CT molecular complexity index is 1290. The number of hydrogen-bond donors (Lipinski definition) is 0. The summed E-state index contributed by atoms with van der Waals surface area (Å²) in [6.45, 7) is 7.77. The van der Waals surface area contributed by atoms with Gasteiger partial charge in [-0.3, -0.25) is 4.79 Å². The van der Waals surface area contributed by atoms with Crippen LogP contribution >= 0.6 is 11.3 Å². The molecule has 9 heteroatoms. The number of carbonyl (C=O) groups is 1. The van der Waals surface area contributed by atoms with Crippen LogP contribution in [0.5, 0.6) is 5.75 Å². The van der Waals surface area contributed by atoms with Gasteiger partial charge in [-0.25, -0.2) is 8.42 Å². The molecule has 3 aromatic rings. The maximum atomic E-state index is 12.6. The summed E-state index contributed by atoms with van der Waals surface area (Å²) in [6, 6.07) is 10.5. The van der Waals surface area contributed by atoms with Crippen molar-refractivity contribution < 1.29 is 22.7 Å². The molecule has 0 radical (unpaired) electrons. The van der Waals surface area contributed by atoms with Gasteiger partial charge in [0.05, 0.1) is 34.6 Å². The van der Waals surface area contributed by atoms with Crippen molar-refractivity contribution in [3.63, 3.8) is 0 Å². The first-order valence-electron chi connectivity index (χ1n) is 10.9. The second-order valence-corrected chi connectivity index (χ2v) is 10.9. The van der Waals surface area contributed by atoms with Crippen molar-refractivity contribution in [2.75, 3.05) is 26.1 Å². The number of carbonyl (C=O) groups excluding carboxylic acids is 1. The number of thiazole rings is 1. The highest BCUT2D eigenvalue weighted by Crippen LogP contribution is 2.23. The number of amides is 1. The van der Waals surface area contributed by atoms with Crippen molar-refractivity contribution >= 4 is 37.3 Å². The number of aryl methyl sites for hydroxylation is 2. The molecule has 1 heterocycles. The van der Waals surface area contributed by atoms with Crippen LogP contribution in [0.4, 0.5) is 0 Å². The monoisotopic (exact) mass is 490 g/mol. The van der Waals surface area contributed by atoms with Gasteiger partial charge in [0.15, 0.2) is 14.6 Å². The predicted octanol–water partition coefficient (Wildman–Crippen LogP) is 4.05. The van der Waals surface area contributed by atoms with Crippen LogP contribution in [0.1, 0.15) is 30.9 Å². The summed E-state index contributed by atoms with van der Waals surface area (Å²) in [5.74, 6) is 0.149. The Kier molecular flexibility index (Phi) is 8.45. The molecule has 1 amide bonds. The van der Waals surface area contributed by atoms with E-state index in [2.05, 4.69) is 17.1 Å². The Balaban J connectivity index is 1.76. The molecule has 0 saturated heterocycles. The minimum atomic E-state index is -3.48. The van der Waals surface area contributed by atoms with Gasteiger partial charge in [0.1, 0.15) is 5.75 Å². The largest absolute Gasteiger partial charge is 0.497 e. The van der Waals surface area contributed by atoms with E-state index in [4.69, 9.17) is 9.47 Å². The van der Waals surface area contributed by atoms with E-state index in [1.54, 1.807) is 12.1 Å². The molecule has 0 N–H and O–H groups in total. The number of sulfone groups is 1. The summed E-state index contributed by atoms with van der Waals surface area (Å²) in [7, 11) is -1.95. The minimum Gasteiger partial charge on any atom is -0.497 e. The second kappa shape index (κ2) is 11.1. The molecule has 0 atom stereocenters. The molecule has 0 bridgehead atoms. The molecule has 3 rings (SSSR count).